The fourth-order valence-electron chi connectivity index (χ4n) is 3.86. The van der Waals surface area contributed by atoms with Crippen LogP contribution in [0.4, 0.5) is 0 Å². The maximum absolute atomic E-state index is 13.3. The van der Waals surface area contributed by atoms with Crippen LogP contribution in [0.25, 0.3) is 0 Å². The van der Waals surface area contributed by atoms with Crippen LogP contribution in [-0.4, -0.2) is 60.8 Å². The van der Waals surface area contributed by atoms with Gasteiger partial charge in [-0.2, -0.15) is 0 Å². The van der Waals surface area contributed by atoms with Gasteiger partial charge in [0.1, 0.15) is 5.60 Å². The molecule has 1 saturated heterocycles. The van der Waals surface area contributed by atoms with Crippen molar-refractivity contribution in [2.24, 2.45) is 5.92 Å². The molecular formula is C22H37NO6. The van der Waals surface area contributed by atoms with Gasteiger partial charge in [0.15, 0.2) is 0 Å². The molecule has 29 heavy (non-hydrogen) atoms. The molecule has 166 valence electrons. The van der Waals surface area contributed by atoms with Crippen LogP contribution in [0, 0.1) is 5.92 Å². The molecule has 7 heteroatoms. The number of hydrogen-bond acceptors (Lipinski definition) is 7. The Morgan fingerprint density at radius 1 is 1.10 bits per heavy atom. The predicted octanol–water partition coefficient (Wildman–Crippen LogP) is 3.42. The Labute approximate surface area is 174 Å². The van der Waals surface area contributed by atoms with Crippen molar-refractivity contribution >= 4 is 11.9 Å². The number of hydrogen-bond donors (Lipinski definition) is 0. The van der Waals surface area contributed by atoms with E-state index in [0.717, 1.165) is 12.8 Å². The molecule has 1 atom stereocenters. The van der Waals surface area contributed by atoms with Crippen LogP contribution in [-0.2, 0) is 28.5 Å². The molecule has 2 fully saturated rings. The largest absolute Gasteiger partial charge is 0.466 e. The molecule has 0 radical (unpaired) electrons. The molecule has 2 aliphatic rings. The van der Waals surface area contributed by atoms with Gasteiger partial charge in [-0.15, -0.1) is 6.58 Å². The summed E-state index contributed by atoms with van der Waals surface area (Å²) in [5.41, 5.74) is -0.662. The lowest BCUT2D eigenvalue weighted by atomic mass is 9.87. The smallest absolute Gasteiger partial charge is 0.384 e. The van der Waals surface area contributed by atoms with Crippen molar-refractivity contribution in [3.63, 3.8) is 0 Å². The molecule has 0 spiro atoms. The van der Waals surface area contributed by atoms with Crippen LogP contribution in [0.15, 0.2) is 12.7 Å². The summed E-state index contributed by atoms with van der Waals surface area (Å²) < 4.78 is 23.2. The average Bonchev–Trinajstić information content (AvgIpc) is 3.19. The molecule has 0 aromatic rings. The highest BCUT2D eigenvalue weighted by Gasteiger charge is 2.52. The first kappa shape index (κ1) is 23.8. The van der Waals surface area contributed by atoms with Gasteiger partial charge >= 0.3 is 17.8 Å². The quantitative estimate of drug-likeness (QED) is 0.327. The van der Waals surface area contributed by atoms with Gasteiger partial charge in [-0.05, 0) is 66.2 Å². The van der Waals surface area contributed by atoms with Crippen LogP contribution in [0.1, 0.15) is 66.2 Å². The zero-order valence-electron chi connectivity index (χ0n) is 18.4. The number of ether oxygens (including phenoxy) is 4. The van der Waals surface area contributed by atoms with Crippen molar-refractivity contribution < 1.29 is 28.5 Å². The average molecular weight is 412 g/mol. The first-order valence-electron chi connectivity index (χ1n) is 10.8. The van der Waals surface area contributed by atoms with E-state index in [0.29, 0.717) is 45.4 Å². The minimum Gasteiger partial charge on any atom is -0.466 e. The fourth-order valence-corrected chi connectivity index (χ4v) is 3.86. The standard InChI is InChI=1S/C22H37NO6/c1-6-16-27-22(23-14-8-9-15-23,20(25)29-21(3,4)5)28-18-12-10-17(11-13-18)19(24)26-7-2/h6,17-18H,1,7-16H2,2-5H3/t17-,18-,22?. The molecular weight excluding hydrogens is 374 g/mol. The first-order chi connectivity index (χ1) is 13.7. The summed E-state index contributed by atoms with van der Waals surface area (Å²) >= 11 is 0. The molecule has 0 N–H and O–H groups in total. The predicted molar refractivity (Wildman–Crippen MR) is 109 cm³/mol. The lowest BCUT2D eigenvalue weighted by Gasteiger charge is -2.42. The lowest BCUT2D eigenvalue weighted by molar-refractivity contribution is -0.324. The highest BCUT2D eigenvalue weighted by atomic mass is 16.8. The Hall–Kier alpha value is -1.44. The van der Waals surface area contributed by atoms with Gasteiger partial charge in [-0.25, -0.2) is 9.69 Å². The third kappa shape index (κ3) is 6.52. The Morgan fingerprint density at radius 3 is 2.24 bits per heavy atom. The Balaban J connectivity index is 2.17. The van der Waals surface area contributed by atoms with Gasteiger partial charge < -0.3 is 18.9 Å². The number of carbonyl (C=O) groups excluding carboxylic acids is 2. The maximum atomic E-state index is 13.3. The van der Waals surface area contributed by atoms with Crippen molar-refractivity contribution in [2.45, 2.75) is 83.8 Å². The Bertz CT molecular complexity index is 558. The molecule has 0 amide bonds. The number of rotatable bonds is 9. The summed E-state index contributed by atoms with van der Waals surface area (Å²) in [6, 6.07) is 0. The minimum absolute atomic E-state index is 0.105. The zero-order valence-corrected chi connectivity index (χ0v) is 18.4. The Kier molecular flexibility index (Phi) is 8.67. The summed E-state index contributed by atoms with van der Waals surface area (Å²) in [5, 5.41) is 0. The first-order valence-corrected chi connectivity index (χ1v) is 10.8. The highest BCUT2D eigenvalue weighted by Crippen LogP contribution is 2.35. The van der Waals surface area contributed by atoms with E-state index in [1.54, 1.807) is 6.08 Å². The van der Waals surface area contributed by atoms with Gasteiger partial charge in [0.05, 0.1) is 25.2 Å². The monoisotopic (exact) mass is 411 g/mol. The normalized spacial score (nSPS) is 25.2. The lowest BCUT2D eigenvalue weighted by Crippen LogP contribution is -2.61. The SMILES string of the molecule is C=CCOC(O[C@H]1CC[C@H](C(=O)OCC)CC1)(C(=O)OC(C)(C)C)N1CCCC1. The van der Waals surface area contributed by atoms with Gasteiger partial charge in [0.2, 0.25) is 0 Å². The number of esters is 2. The molecule has 0 bridgehead atoms. The van der Waals surface area contributed by atoms with Gasteiger partial charge in [0, 0.05) is 13.1 Å². The zero-order chi connectivity index (χ0) is 21.5. The van der Waals surface area contributed by atoms with E-state index < -0.39 is 17.5 Å². The molecule has 0 aromatic carbocycles. The van der Waals surface area contributed by atoms with Crippen LogP contribution >= 0.6 is 0 Å². The van der Waals surface area contributed by atoms with E-state index in [2.05, 4.69) is 6.58 Å². The van der Waals surface area contributed by atoms with Crippen LogP contribution in [0.2, 0.25) is 0 Å². The van der Waals surface area contributed by atoms with Crippen molar-refractivity contribution in [3.8, 4) is 0 Å². The van der Waals surface area contributed by atoms with Crippen LogP contribution in [0.3, 0.4) is 0 Å². The third-order valence-electron chi connectivity index (χ3n) is 5.20. The van der Waals surface area contributed by atoms with Crippen LogP contribution < -0.4 is 0 Å². The number of nitrogens with zero attached hydrogens (tertiary/aromatic N) is 1. The molecule has 1 unspecified atom stereocenters. The number of likely N-dealkylation sites (tertiary alicyclic amines) is 1. The second kappa shape index (κ2) is 10.5. The molecule has 0 aromatic heterocycles. The summed E-state index contributed by atoms with van der Waals surface area (Å²) in [6.45, 7) is 13.0. The second-order valence-electron chi connectivity index (χ2n) is 8.72. The molecule has 2 rings (SSSR count). The van der Waals surface area contributed by atoms with Crippen molar-refractivity contribution in [1.82, 2.24) is 4.90 Å². The van der Waals surface area contributed by atoms with Gasteiger partial charge in [-0.3, -0.25) is 4.79 Å². The summed E-state index contributed by atoms with van der Waals surface area (Å²) in [4.78, 5) is 27.2. The maximum Gasteiger partial charge on any atom is 0.384 e. The molecule has 1 aliphatic heterocycles. The molecule has 1 heterocycles. The fraction of sp³-hybridized carbons (Fsp3) is 0.818. The summed E-state index contributed by atoms with van der Waals surface area (Å²) in [5.74, 6) is -2.36. The van der Waals surface area contributed by atoms with Crippen LogP contribution in [0.5, 0.6) is 0 Å². The van der Waals surface area contributed by atoms with Gasteiger partial charge in [-0.1, -0.05) is 6.08 Å². The van der Waals surface area contributed by atoms with Crippen molar-refractivity contribution in [3.05, 3.63) is 12.7 Å². The van der Waals surface area contributed by atoms with E-state index in [9.17, 15) is 9.59 Å². The van der Waals surface area contributed by atoms with E-state index in [4.69, 9.17) is 18.9 Å². The van der Waals surface area contributed by atoms with Crippen molar-refractivity contribution in [2.75, 3.05) is 26.3 Å². The second-order valence-corrected chi connectivity index (χ2v) is 8.72. The molecule has 7 nitrogen and oxygen atoms in total. The van der Waals surface area contributed by atoms with E-state index in [-0.39, 0.29) is 24.6 Å². The molecule has 1 saturated carbocycles. The highest BCUT2D eigenvalue weighted by molar-refractivity contribution is 5.78. The van der Waals surface area contributed by atoms with E-state index in [1.807, 2.05) is 32.6 Å². The van der Waals surface area contributed by atoms with Crippen molar-refractivity contribution in [1.29, 1.82) is 0 Å². The summed E-state index contributed by atoms with van der Waals surface area (Å²) in [6.07, 6.45) is 6.04. The third-order valence-corrected chi connectivity index (χ3v) is 5.20. The van der Waals surface area contributed by atoms with E-state index >= 15 is 0 Å². The minimum atomic E-state index is -1.58. The molecule has 1 aliphatic carbocycles. The Morgan fingerprint density at radius 2 is 1.72 bits per heavy atom. The van der Waals surface area contributed by atoms with Gasteiger partial charge in [0.25, 0.3) is 0 Å². The number of carbonyl (C=O) groups is 2. The van der Waals surface area contributed by atoms with E-state index in [1.165, 1.54) is 0 Å². The topological polar surface area (TPSA) is 74.3 Å². The summed E-state index contributed by atoms with van der Waals surface area (Å²) in [7, 11) is 0.